The number of rotatable bonds is 5. The van der Waals surface area contributed by atoms with Crippen molar-refractivity contribution >= 4 is 11.8 Å². The van der Waals surface area contributed by atoms with Gasteiger partial charge in [0.2, 0.25) is 0 Å². The van der Waals surface area contributed by atoms with E-state index in [0.717, 1.165) is 5.56 Å². The molecule has 0 aliphatic heterocycles. The van der Waals surface area contributed by atoms with Crippen LogP contribution in [0.3, 0.4) is 0 Å². The van der Waals surface area contributed by atoms with Gasteiger partial charge in [0.05, 0.1) is 6.61 Å². The van der Waals surface area contributed by atoms with Gasteiger partial charge in [0.25, 0.3) is 0 Å². The van der Waals surface area contributed by atoms with Gasteiger partial charge >= 0.3 is 5.97 Å². The van der Waals surface area contributed by atoms with Gasteiger partial charge in [-0.05, 0) is 51.5 Å². The van der Waals surface area contributed by atoms with E-state index in [1.165, 1.54) is 13.8 Å². The highest BCUT2D eigenvalue weighted by Crippen LogP contribution is 2.26. The standard InChI is InChI=1S/C14H18O4/c1-5-18-11-7-6-10(8-9(11)2)12(15)14(3,4)13(16)17/h6-8H,5H2,1-4H3,(H,16,17). The Morgan fingerprint density at radius 3 is 2.39 bits per heavy atom. The van der Waals surface area contributed by atoms with Crippen molar-refractivity contribution < 1.29 is 19.4 Å². The molecule has 0 fully saturated rings. The van der Waals surface area contributed by atoms with E-state index in [4.69, 9.17) is 9.84 Å². The van der Waals surface area contributed by atoms with Crippen LogP contribution in [0, 0.1) is 12.3 Å². The van der Waals surface area contributed by atoms with Gasteiger partial charge in [-0.15, -0.1) is 0 Å². The maximum atomic E-state index is 12.1. The summed E-state index contributed by atoms with van der Waals surface area (Å²) in [7, 11) is 0. The highest BCUT2D eigenvalue weighted by Gasteiger charge is 2.36. The fourth-order valence-corrected chi connectivity index (χ4v) is 1.57. The predicted molar refractivity (Wildman–Crippen MR) is 68.1 cm³/mol. The molecule has 0 aliphatic carbocycles. The van der Waals surface area contributed by atoms with Gasteiger partial charge in [0, 0.05) is 5.56 Å². The molecular formula is C14H18O4. The van der Waals surface area contributed by atoms with Crippen molar-refractivity contribution in [1.82, 2.24) is 0 Å². The molecule has 0 radical (unpaired) electrons. The molecule has 0 aliphatic rings. The van der Waals surface area contributed by atoms with Crippen molar-refractivity contribution in [2.75, 3.05) is 6.61 Å². The lowest BCUT2D eigenvalue weighted by atomic mass is 9.84. The smallest absolute Gasteiger partial charge is 0.316 e. The van der Waals surface area contributed by atoms with E-state index < -0.39 is 17.2 Å². The van der Waals surface area contributed by atoms with Crippen molar-refractivity contribution in [2.24, 2.45) is 5.41 Å². The maximum absolute atomic E-state index is 12.1. The maximum Gasteiger partial charge on any atom is 0.316 e. The van der Waals surface area contributed by atoms with Crippen molar-refractivity contribution in [2.45, 2.75) is 27.7 Å². The molecule has 0 unspecified atom stereocenters. The van der Waals surface area contributed by atoms with Gasteiger partial charge in [-0.3, -0.25) is 9.59 Å². The van der Waals surface area contributed by atoms with Crippen LogP contribution in [-0.4, -0.2) is 23.5 Å². The van der Waals surface area contributed by atoms with Gasteiger partial charge < -0.3 is 9.84 Å². The number of hydrogen-bond donors (Lipinski definition) is 1. The van der Waals surface area contributed by atoms with Crippen molar-refractivity contribution in [3.8, 4) is 5.75 Å². The molecule has 1 aromatic rings. The van der Waals surface area contributed by atoms with Gasteiger partial charge in [0.1, 0.15) is 11.2 Å². The Hall–Kier alpha value is -1.84. The molecule has 1 rings (SSSR count). The summed E-state index contributed by atoms with van der Waals surface area (Å²) < 4.78 is 5.38. The molecule has 1 N–H and O–H groups in total. The van der Waals surface area contributed by atoms with Crippen LogP contribution in [0.2, 0.25) is 0 Å². The van der Waals surface area contributed by atoms with E-state index in [9.17, 15) is 9.59 Å². The molecule has 0 saturated heterocycles. The number of carboxylic acids is 1. The van der Waals surface area contributed by atoms with Crippen molar-refractivity contribution in [1.29, 1.82) is 0 Å². The summed E-state index contributed by atoms with van der Waals surface area (Å²) in [5, 5.41) is 9.04. The molecule has 0 saturated carbocycles. The second-order valence-corrected chi connectivity index (χ2v) is 4.67. The van der Waals surface area contributed by atoms with Gasteiger partial charge in [-0.25, -0.2) is 0 Å². The van der Waals surface area contributed by atoms with Crippen molar-refractivity contribution in [3.63, 3.8) is 0 Å². The number of benzene rings is 1. The second-order valence-electron chi connectivity index (χ2n) is 4.67. The van der Waals surface area contributed by atoms with E-state index in [0.29, 0.717) is 17.9 Å². The molecule has 4 heteroatoms. The van der Waals surface area contributed by atoms with Crippen LogP contribution in [-0.2, 0) is 4.79 Å². The summed E-state index contributed by atoms with van der Waals surface area (Å²) in [6.45, 7) is 7.07. The van der Waals surface area contributed by atoms with E-state index in [1.807, 2.05) is 13.8 Å². The number of carbonyl (C=O) groups is 2. The van der Waals surface area contributed by atoms with Crippen LogP contribution in [0.25, 0.3) is 0 Å². The van der Waals surface area contributed by atoms with Crippen LogP contribution in [0.5, 0.6) is 5.75 Å². The molecule has 4 nitrogen and oxygen atoms in total. The van der Waals surface area contributed by atoms with Gasteiger partial charge in [-0.1, -0.05) is 0 Å². The zero-order valence-electron chi connectivity index (χ0n) is 11.1. The SMILES string of the molecule is CCOc1ccc(C(=O)C(C)(C)C(=O)O)cc1C. The van der Waals surface area contributed by atoms with E-state index >= 15 is 0 Å². The third-order valence-electron chi connectivity index (χ3n) is 2.84. The Morgan fingerprint density at radius 2 is 1.94 bits per heavy atom. The molecule has 1 aromatic carbocycles. The summed E-state index contributed by atoms with van der Waals surface area (Å²) in [6.07, 6.45) is 0. The minimum Gasteiger partial charge on any atom is -0.494 e. The minimum atomic E-state index is -1.42. The number of ether oxygens (including phenoxy) is 1. The van der Waals surface area contributed by atoms with Gasteiger partial charge in [0.15, 0.2) is 5.78 Å². The third-order valence-corrected chi connectivity index (χ3v) is 2.84. The molecule has 0 atom stereocenters. The molecule has 0 spiro atoms. The van der Waals surface area contributed by atoms with Crippen LogP contribution in [0.1, 0.15) is 36.7 Å². The number of carbonyl (C=O) groups excluding carboxylic acids is 1. The molecule has 0 heterocycles. The summed E-state index contributed by atoms with van der Waals surface area (Å²) in [4.78, 5) is 23.2. The molecule has 18 heavy (non-hydrogen) atoms. The normalized spacial score (nSPS) is 11.1. The lowest BCUT2D eigenvalue weighted by Gasteiger charge is -2.18. The monoisotopic (exact) mass is 250 g/mol. The Bertz CT molecular complexity index is 475. The van der Waals surface area contributed by atoms with E-state index in [1.54, 1.807) is 18.2 Å². The number of ketones is 1. The Balaban J connectivity index is 3.09. The Labute approximate surface area is 107 Å². The number of Topliss-reactive ketones (excluding diaryl/α,β-unsaturated/α-hetero) is 1. The summed E-state index contributed by atoms with van der Waals surface area (Å²) >= 11 is 0. The van der Waals surface area contributed by atoms with Crippen LogP contribution < -0.4 is 4.74 Å². The number of carboxylic acid groups (broad SMARTS) is 1. The topological polar surface area (TPSA) is 63.6 Å². The van der Waals surface area contributed by atoms with Crippen LogP contribution >= 0.6 is 0 Å². The first-order valence-corrected chi connectivity index (χ1v) is 5.82. The molecule has 0 aromatic heterocycles. The molecular weight excluding hydrogens is 232 g/mol. The average Bonchev–Trinajstić information content (AvgIpc) is 2.30. The summed E-state index contributed by atoms with van der Waals surface area (Å²) in [5.74, 6) is -0.817. The van der Waals surface area contributed by atoms with E-state index in [2.05, 4.69) is 0 Å². The number of aliphatic carboxylic acids is 1. The quantitative estimate of drug-likeness (QED) is 0.644. The largest absolute Gasteiger partial charge is 0.494 e. The van der Waals surface area contributed by atoms with Crippen molar-refractivity contribution in [3.05, 3.63) is 29.3 Å². The zero-order valence-corrected chi connectivity index (χ0v) is 11.1. The molecule has 0 amide bonds. The fourth-order valence-electron chi connectivity index (χ4n) is 1.57. The number of aryl methyl sites for hydroxylation is 1. The number of hydrogen-bond acceptors (Lipinski definition) is 3. The summed E-state index contributed by atoms with van der Waals surface area (Å²) in [6, 6.07) is 4.97. The molecule has 98 valence electrons. The van der Waals surface area contributed by atoms with Gasteiger partial charge in [-0.2, -0.15) is 0 Å². The lowest BCUT2D eigenvalue weighted by Crippen LogP contribution is -2.33. The van der Waals surface area contributed by atoms with Crippen LogP contribution in [0.4, 0.5) is 0 Å². The minimum absolute atomic E-state index is 0.392. The Morgan fingerprint density at radius 1 is 1.33 bits per heavy atom. The average molecular weight is 250 g/mol. The first-order valence-electron chi connectivity index (χ1n) is 5.82. The first kappa shape index (κ1) is 14.2. The molecule has 0 bridgehead atoms. The first-order chi connectivity index (χ1) is 8.30. The lowest BCUT2D eigenvalue weighted by molar-refractivity contribution is -0.144. The highest BCUT2D eigenvalue weighted by atomic mass is 16.5. The van der Waals surface area contributed by atoms with E-state index in [-0.39, 0.29) is 0 Å². The zero-order chi connectivity index (χ0) is 13.9. The second kappa shape index (κ2) is 5.21. The fraction of sp³-hybridized carbons (Fsp3) is 0.429. The summed E-state index contributed by atoms with van der Waals surface area (Å²) in [5.41, 5.74) is -0.202. The highest BCUT2D eigenvalue weighted by molar-refractivity contribution is 6.11. The predicted octanol–water partition coefficient (Wildman–Crippen LogP) is 2.69. The Kier molecular flexibility index (Phi) is 4.11. The van der Waals surface area contributed by atoms with Crippen LogP contribution in [0.15, 0.2) is 18.2 Å². The third kappa shape index (κ3) is 2.70.